The Morgan fingerprint density at radius 1 is 1.07 bits per heavy atom. The monoisotopic (exact) mass is 421 g/mol. The van der Waals surface area contributed by atoms with Crippen LogP contribution in [-0.2, 0) is 16.6 Å². The molecular weight excluding hydrogens is 398 g/mol. The Balaban J connectivity index is 1.59. The maximum Gasteiger partial charge on any atom is 0.255 e. The van der Waals surface area contributed by atoms with Gasteiger partial charge in [0.05, 0.1) is 5.75 Å². The number of nitrogens with zero attached hydrogens (tertiary/aromatic N) is 2. The van der Waals surface area contributed by atoms with Gasteiger partial charge in [0, 0.05) is 49.0 Å². The minimum atomic E-state index is -3.12. The van der Waals surface area contributed by atoms with Crippen LogP contribution in [0.2, 0.25) is 5.02 Å². The lowest BCUT2D eigenvalue weighted by Crippen LogP contribution is -2.48. The number of piperazine rings is 1. The Kier molecular flexibility index (Phi) is 6.72. The largest absolute Gasteiger partial charge is 0.322 e. The highest BCUT2D eigenvalue weighted by Crippen LogP contribution is 2.16. The topological polar surface area (TPSA) is 69.7 Å². The van der Waals surface area contributed by atoms with Crippen LogP contribution in [0.4, 0.5) is 5.69 Å². The molecule has 0 atom stereocenters. The number of amides is 1. The Morgan fingerprint density at radius 3 is 2.39 bits per heavy atom. The number of sulfonamides is 1. The molecule has 1 aliphatic rings. The third-order valence-electron chi connectivity index (χ3n) is 4.79. The first-order valence-corrected chi connectivity index (χ1v) is 11.2. The SMILES string of the molecule is CCS(=O)(=O)N1CCN(Cc2cccc(C(=O)Nc3ccc(Cl)cc3)c2)CC1. The van der Waals surface area contributed by atoms with Crippen molar-refractivity contribution < 1.29 is 13.2 Å². The van der Waals surface area contributed by atoms with Gasteiger partial charge in [-0.15, -0.1) is 0 Å². The molecule has 0 unspecified atom stereocenters. The van der Waals surface area contributed by atoms with E-state index < -0.39 is 10.0 Å². The first-order valence-electron chi connectivity index (χ1n) is 9.23. The fourth-order valence-electron chi connectivity index (χ4n) is 3.15. The maximum absolute atomic E-state index is 12.5. The van der Waals surface area contributed by atoms with Crippen molar-refractivity contribution in [2.75, 3.05) is 37.2 Å². The van der Waals surface area contributed by atoms with Gasteiger partial charge in [0.15, 0.2) is 0 Å². The summed E-state index contributed by atoms with van der Waals surface area (Å²) in [6.45, 7) is 4.73. The quantitative estimate of drug-likeness (QED) is 0.778. The Hall–Kier alpha value is -1.93. The highest BCUT2D eigenvalue weighted by Gasteiger charge is 2.25. The van der Waals surface area contributed by atoms with Crippen LogP contribution in [0.25, 0.3) is 0 Å². The van der Waals surface area contributed by atoms with Crippen LogP contribution < -0.4 is 5.32 Å². The molecule has 0 saturated carbocycles. The van der Waals surface area contributed by atoms with E-state index in [9.17, 15) is 13.2 Å². The van der Waals surface area contributed by atoms with Crippen LogP contribution in [0.15, 0.2) is 48.5 Å². The van der Waals surface area contributed by atoms with Gasteiger partial charge in [-0.05, 0) is 48.9 Å². The Morgan fingerprint density at radius 2 is 1.75 bits per heavy atom. The van der Waals surface area contributed by atoms with Crippen LogP contribution in [0, 0.1) is 0 Å². The summed E-state index contributed by atoms with van der Waals surface area (Å²) in [6, 6.07) is 14.5. The summed E-state index contributed by atoms with van der Waals surface area (Å²) in [7, 11) is -3.12. The van der Waals surface area contributed by atoms with Crippen LogP contribution in [0.1, 0.15) is 22.8 Å². The molecule has 1 heterocycles. The second-order valence-electron chi connectivity index (χ2n) is 6.74. The average Bonchev–Trinajstić information content (AvgIpc) is 2.70. The lowest BCUT2D eigenvalue weighted by Gasteiger charge is -2.33. The molecule has 0 spiro atoms. The summed E-state index contributed by atoms with van der Waals surface area (Å²) in [4.78, 5) is 14.7. The number of anilines is 1. The van der Waals surface area contributed by atoms with Gasteiger partial charge < -0.3 is 5.32 Å². The predicted molar refractivity (Wildman–Crippen MR) is 112 cm³/mol. The van der Waals surface area contributed by atoms with E-state index >= 15 is 0 Å². The van der Waals surface area contributed by atoms with Crippen LogP contribution in [0.5, 0.6) is 0 Å². The maximum atomic E-state index is 12.5. The zero-order valence-electron chi connectivity index (χ0n) is 15.8. The van der Waals surface area contributed by atoms with Gasteiger partial charge in [0.1, 0.15) is 0 Å². The summed E-state index contributed by atoms with van der Waals surface area (Å²) in [5.74, 6) is -0.0411. The van der Waals surface area contributed by atoms with Gasteiger partial charge in [-0.3, -0.25) is 9.69 Å². The van der Waals surface area contributed by atoms with Crippen molar-refractivity contribution in [2.24, 2.45) is 0 Å². The molecule has 1 N–H and O–H groups in total. The van der Waals surface area contributed by atoms with Crippen molar-refractivity contribution in [3.8, 4) is 0 Å². The number of carbonyl (C=O) groups is 1. The number of benzene rings is 2. The molecule has 0 bridgehead atoms. The van der Waals surface area contributed by atoms with E-state index in [-0.39, 0.29) is 11.7 Å². The molecule has 2 aromatic carbocycles. The molecule has 6 nitrogen and oxygen atoms in total. The number of hydrogen-bond donors (Lipinski definition) is 1. The van der Waals surface area contributed by atoms with Crippen molar-refractivity contribution in [3.05, 3.63) is 64.7 Å². The van der Waals surface area contributed by atoms with Crippen LogP contribution in [-0.4, -0.2) is 55.5 Å². The standard InChI is InChI=1S/C20H24ClN3O3S/c1-2-28(26,27)24-12-10-23(11-13-24)15-16-4-3-5-17(14-16)20(25)22-19-8-6-18(21)7-9-19/h3-9,14H,2,10-13,15H2,1H3,(H,22,25). The normalized spacial score (nSPS) is 16.1. The summed E-state index contributed by atoms with van der Waals surface area (Å²) >= 11 is 5.87. The van der Waals surface area contributed by atoms with Crippen molar-refractivity contribution in [3.63, 3.8) is 0 Å². The second kappa shape index (κ2) is 9.05. The summed E-state index contributed by atoms with van der Waals surface area (Å²) in [6.07, 6.45) is 0. The van der Waals surface area contributed by atoms with E-state index in [1.54, 1.807) is 41.6 Å². The molecule has 1 fully saturated rings. The highest BCUT2D eigenvalue weighted by atomic mass is 35.5. The number of nitrogens with one attached hydrogen (secondary N) is 1. The fraction of sp³-hybridized carbons (Fsp3) is 0.350. The van der Waals surface area contributed by atoms with Gasteiger partial charge in [0.2, 0.25) is 10.0 Å². The van der Waals surface area contributed by atoms with E-state index in [1.807, 2.05) is 18.2 Å². The van der Waals surface area contributed by atoms with E-state index in [0.717, 1.165) is 5.56 Å². The second-order valence-corrected chi connectivity index (χ2v) is 9.43. The molecule has 3 rings (SSSR count). The smallest absolute Gasteiger partial charge is 0.255 e. The first-order chi connectivity index (χ1) is 13.4. The van der Waals surface area contributed by atoms with Crippen molar-refractivity contribution in [2.45, 2.75) is 13.5 Å². The lowest BCUT2D eigenvalue weighted by atomic mass is 10.1. The molecule has 1 aliphatic heterocycles. The van der Waals surface area contributed by atoms with Gasteiger partial charge in [-0.25, -0.2) is 8.42 Å². The molecule has 28 heavy (non-hydrogen) atoms. The van der Waals surface area contributed by atoms with Gasteiger partial charge in [-0.2, -0.15) is 4.31 Å². The van der Waals surface area contributed by atoms with E-state index in [4.69, 9.17) is 11.6 Å². The van der Waals surface area contributed by atoms with Crippen molar-refractivity contribution in [1.82, 2.24) is 9.21 Å². The minimum absolute atomic E-state index is 0.137. The van der Waals surface area contributed by atoms with Gasteiger partial charge >= 0.3 is 0 Å². The Labute approximate surface area is 171 Å². The third kappa shape index (κ3) is 5.32. The van der Waals surface area contributed by atoms with Gasteiger partial charge in [-0.1, -0.05) is 23.7 Å². The fourth-order valence-corrected chi connectivity index (χ4v) is 4.36. The van der Waals surface area contributed by atoms with E-state index in [1.165, 1.54) is 0 Å². The average molecular weight is 422 g/mol. The zero-order chi connectivity index (χ0) is 20.1. The van der Waals surface area contributed by atoms with Crippen molar-refractivity contribution in [1.29, 1.82) is 0 Å². The number of hydrogen-bond acceptors (Lipinski definition) is 4. The van der Waals surface area contributed by atoms with Gasteiger partial charge in [0.25, 0.3) is 5.91 Å². The molecule has 0 aliphatic carbocycles. The molecule has 2 aromatic rings. The number of halogens is 1. The molecule has 150 valence electrons. The molecule has 1 saturated heterocycles. The third-order valence-corrected chi connectivity index (χ3v) is 6.92. The number of carbonyl (C=O) groups excluding carboxylic acids is 1. The summed E-state index contributed by atoms with van der Waals surface area (Å²) in [5.41, 5.74) is 2.29. The molecule has 1 amide bonds. The number of rotatable bonds is 6. The Bertz CT molecular complexity index is 924. The molecule has 0 radical (unpaired) electrons. The predicted octanol–water partition coefficient (Wildman–Crippen LogP) is 3.06. The zero-order valence-corrected chi connectivity index (χ0v) is 17.3. The van der Waals surface area contributed by atoms with Crippen LogP contribution >= 0.6 is 11.6 Å². The molecular formula is C20H24ClN3O3S. The minimum Gasteiger partial charge on any atom is -0.322 e. The summed E-state index contributed by atoms with van der Waals surface area (Å²) < 4.78 is 25.5. The van der Waals surface area contributed by atoms with E-state index in [2.05, 4.69) is 10.2 Å². The molecule has 0 aromatic heterocycles. The van der Waals surface area contributed by atoms with E-state index in [0.29, 0.717) is 49.0 Å². The summed E-state index contributed by atoms with van der Waals surface area (Å²) in [5, 5.41) is 3.48. The highest BCUT2D eigenvalue weighted by molar-refractivity contribution is 7.89. The lowest BCUT2D eigenvalue weighted by molar-refractivity contribution is 0.102. The van der Waals surface area contributed by atoms with Crippen molar-refractivity contribution >= 4 is 33.2 Å². The van der Waals surface area contributed by atoms with Crippen LogP contribution in [0.3, 0.4) is 0 Å². The molecule has 8 heteroatoms. The first kappa shape index (κ1) is 20.8.